The number of thioether (sulfide) groups is 1. The van der Waals surface area contributed by atoms with Crippen molar-refractivity contribution < 1.29 is 18.3 Å². The molecule has 1 N–H and O–H groups in total. The third-order valence-electron chi connectivity index (χ3n) is 3.44. The molecule has 116 valence electrons. The van der Waals surface area contributed by atoms with E-state index in [-0.39, 0.29) is 16.0 Å². The Balaban J connectivity index is 2.51. The fourth-order valence-electron chi connectivity index (χ4n) is 2.55. The number of rotatable bonds is 4. The molecule has 0 aromatic heterocycles. The molecule has 1 fully saturated rings. The van der Waals surface area contributed by atoms with Gasteiger partial charge in [-0.2, -0.15) is 4.31 Å². The number of benzene rings is 1. The number of carboxylic acids is 1. The van der Waals surface area contributed by atoms with Gasteiger partial charge in [-0.25, -0.2) is 8.42 Å². The van der Waals surface area contributed by atoms with E-state index >= 15 is 0 Å². The van der Waals surface area contributed by atoms with Crippen LogP contribution in [0.2, 0.25) is 0 Å². The molecule has 21 heavy (non-hydrogen) atoms. The van der Waals surface area contributed by atoms with Crippen molar-refractivity contribution in [1.29, 1.82) is 0 Å². The molecule has 0 saturated carbocycles. The van der Waals surface area contributed by atoms with Crippen LogP contribution in [0.3, 0.4) is 0 Å². The second-order valence-electron chi connectivity index (χ2n) is 5.21. The predicted molar refractivity (Wildman–Crippen MR) is 82.9 cm³/mol. The maximum atomic E-state index is 12.9. The Morgan fingerprint density at radius 3 is 2.38 bits per heavy atom. The first-order valence-corrected chi connectivity index (χ1v) is 9.22. The second kappa shape index (κ2) is 5.98. The average Bonchev–Trinajstić information content (AvgIpc) is 2.82. The van der Waals surface area contributed by atoms with Crippen LogP contribution in [0.4, 0.5) is 0 Å². The number of hydrogen-bond donors (Lipinski definition) is 1. The molecule has 7 heteroatoms. The van der Waals surface area contributed by atoms with E-state index in [0.717, 1.165) is 15.4 Å². The van der Waals surface area contributed by atoms with E-state index in [2.05, 4.69) is 0 Å². The van der Waals surface area contributed by atoms with Crippen LogP contribution in [0.15, 0.2) is 23.1 Å². The highest BCUT2D eigenvalue weighted by atomic mass is 32.2. The van der Waals surface area contributed by atoms with Gasteiger partial charge in [0.25, 0.3) is 0 Å². The smallest absolute Gasteiger partial charge is 0.322 e. The van der Waals surface area contributed by atoms with Gasteiger partial charge in [-0.15, -0.1) is 11.8 Å². The minimum absolute atomic E-state index is 0.173. The quantitative estimate of drug-likeness (QED) is 0.917. The first-order valence-electron chi connectivity index (χ1n) is 6.73. The largest absolute Gasteiger partial charge is 0.480 e. The van der Waals surface area contributed by atoms with Crippen molar-refractivity contribution in [3.8, 4) is 0 Å². The zero-order valence-electron chi connectivity index (χ0n) is 12.2. The SMILES string of the molecule is CCC1SCC(C(=O)O)N1S(=O)(=O)c1cc(C)cc(C)c1. The van der Waals surface area contributed by atoms with Crippen LogP contribution in [-0.2, 0) is 14.8 Å². The van der Waals surface area contributed by atoms with Gasteiger partial charge >= 0.3 is 5.97 Å². The maximum absolute atomic E-state index is 12.9. The molecule has 1 aromatic carbocycles. The number of carbonyl (C=O) groups is 1. The highest BCUT2D eigenvalue weighted by Crippen LogP contribution is 2.36. The average molecular weight is 329 g/mol. The Hall–Kier alpha value is -1.05. The first-order chi connectivity index (χ1) is 9.77. The highest BCUT2D eigenvalue weighted by Gasteiger charge is 2.45. The molecule has 1 saturated heterocycles. The van der Waals surface area contributed by atoms with Crippen molar-refractivity contribution in [2.75, 3.05) is 5.75 Å². The number of aliphatic carboxylic acids is 1. The molecule has 1 aliphatic heterocycles. The molecule has 1 heterocycles. The molecule has 2 atom stereocenters. The van der Waals surface area contributed by atoms with E-state index in [4.69, 9.17) is 0 Å². The summed E-state index contributed by atoms with van der Waals surface area (Å²) in [7, 11) is -3.81. The maximum Gasteiger partial charge on any atom is 0.322 e. The fourth-order valence-corrected chi connectivity index (χ4v) is 6.28. The van der Waals surface area contributed by atoms with Gasteiger partial charge in [-0.05, 0) is 43.5 Å². The Morgan fingerprint density at radius 1 is 1.33 bits per heavy atom. The first kappa shape index (κ1) is 16.3. The Morgan fingerprint density at radius 2 is 1.90 bits per heavy atom. The molecular weight excluding hydrogens is 310 g/mol. The summed E-state index contributed by atoms with van der Waals surface area (Å²) in [6.07, 6.45) is 0.582. The van der Waals surface area contributed by atoms with Crippen molar-refractivity contribution in [1.82, 2.24) is 4.31 Å². The lowest BCUT2D eigenvalue weighted by atomic mass is 10.2. The standard InChI is InChI=1S/C14H19NO4S2/c1-4-13-15(12(8-20-13)14(16)17)21(18,19)11-6-9(2)5-10(3)7-11/h5-7,12-13H,4,8H2,1-3H3,(H,16,17). The van der Waals surface area contributed by atoms with E-state index in [1.807, 2.05) is 26.8 Å². The Kier molecular flexibility index (Phi) is 4.65. The summed E-state index contributed by atoms with van der Waals surface area (Å²) < 4.78 is 26.9. The summed E-state index contributed by atoms with van der Waals surface area (Å²) in [6, 6.07) is 4.09. The molecular formula is C14H19NO4S2. The van der Waals surface area contributed by atoms with Gasteiger partial charge in [0.15, 0.2) is 0 Å². The van der Waals surface area contributed by atoms with E-state index in [1.54, 1.807) is 12.1 Å². The van der Waals surface area contributed by atoms with Gasteiger partial charge in [0.1, 0.15) is 6.04 Å². The van der Waals surface area contributed by atoms with Crippen molar-refractivity contribution in [3.05, 3.63) is 29.3 Å². The second-order valence-corrected chi connectivity index (χ2v) is 8.26. The van der Waals surface area contributed by atoms with Gasteiger partial charge in [0.2, 0.25) is 10.0 Å². The van der Waals surface area contributed by atoms with Crippen LogP contribution >= 0.6 is 11.8 Å². The van der Waals surface area contributed by atoms with Crippen LogP contribution in [0.1, 0.15) is 24.5 Å². The lowest BCUT2D eigenvalue weighted by molar-refractivity contribution is -0.140. The zero-order chi connectivity index (χ0) is 15.8. The summed E-state index contributed by atoms with van der Waals surface area (Å²) in [6.45, 7) is 5.53. The molecule has 5 nitrogen and oxygen atoms in total. The number of aryl methyl sites for hydroxylation is 2. The van der Waals surface area contributed by atoms with Crippen molar-refractivity contribution in [2.45, 2.75) is 43.5 Å². The topological polar surface area (TPSA) is 74.7 Å². The zero-order valence-corrected chi connectivity index (χ0v) is 13.9. The summed E-state index contributed by atoms with van der Waals surface area (Å²) in [5.41, 5.74) is 1.70. The third kappa shape index (κ3) is 3.09. The summed E-state index contributed by atoms with van der Waals surface area (Å²) in [4.78, 5) is 11.5. The Bertz CT molecular complexity index is 637. The molecule has 2 unspecified atom stereocenters. The molecule has 0 bridgehead atoms. The van der Waals surface area contributed by atoms with E-state index in [1.165, 1.54) is 11.8 Å². The van der Waals surface area contributed by atoms with Crippen LogP contribution in [0.25, 0.3) is 0 Å². The molecule has 1 aliphatic rings. The summed E-state index contributed by atoms with van der Waals surface area (Å²) in [5.74, 6) is -0.802. The molecule has 0 amide bonds. The number of hydrogen-bond acceptors (Lipinski definition) is 4. The summed E-state index contributed by atoms with van der Waals surface area (Å²) >= 11 is 1.38. The molecule has 2 rings (SSSR count). The molecule has 1 aromatic rings. The molecule has 0 spiro atoms. The normalized spacial score (nSPS) is 23.4. The summed E-state index contributed by atoms with van der Waals surface area (Å²) in [5, 5.41) is 8.97. The van der Waals surface area contributed by atoms with Crippen molar-refractivity contribution in [3.63, 3.8) is 0 Å². The van der Waals surface area contributed by atoms with Crippen LogP contribution in [-0.4, -0.2) is 41.0 Å². The van der Waals surface area contributed by atoms with Gasteiger partial charge in [-0.1, -0.05) is 13.0 Å². The monoisotopic (exact) mass is 329 g/mol. The van der Waals surface area contributed by atoms with Gasteiger partial charge in [-0.3, -0.25) is 4.79 Å². The van der Waals surface area contributed by atoms with E-state index < -0.39 is 22.0 Å². The highest BCUT2D eigenvalue weighted by molar-refractivity contribution is 8.01. The predicted octanol–water partition coefficient (Wildman–Crippen LogP) is 2.23. The molecule has 0 aliphatic carbocycles. The minimum atomic E-state index is -3.81. The van der Waals surface area contributed by atoms with E-state index in [9.17, 15) is 18.3 Å². The van der Waals surface area contributed by atoms with Gasteiger partial charge in [0, 0.05) is 5.75 Å². The van der Waals surface area contributed by atoms with Gasteiger partial charge < -0.3 is 5.11 Å². The molecule has 0 radical (unpaired) electrons. The Labute approximate surface area is 129 Å². The third-order valence-corrected chi connectivity index (χ3v) is 6.92. The fraction of sp³-hybridized carbons (Fsp3) is 0.500. The number of sulfonamides is 1. The van der Waals surface area contributed by atoms with Gasteiger partial charge in [0.05, 0.1) is 10.3 Å². The van der Waals surface area contributed by atoms with Crippen LogP contribution in [0.5, 0.6) is 0 Å². The number of nitrogens with zero attached hydrogens (tertiary/aromatic N) is 1. The number of carboxylic acid groups (broad SMARTS) is 1. The van der Waals surface area contributed by atoms with Crippen molar-refractivity contribution in [2.24, 2.45) is 0 Å². The lowest BCUT2D eigenvalue weighted by Crippen LogP contribution is -2.45. The van der Waals surface area contributed by atoms with E-state index in [0.29, 0.717) is 6.42 Å². The van der Waals surface area contributed by atoms with Crippen LogP contribution < -0.4 is 0 Å². The van der Waals surface area contributed by atoms with Crippen LogP contribution in [0, 0.1) is 13.8 Å². The van der Waals surface area contributed by atoms with Crippen molar-refractivity contribution >= 4 is 27.8 Å². The minimum Gasteiger partial charge on any atom is -0.480 e. The lowest BCUT2D eigenvalue weighted by Gasteiger charge is -2.26.